The number of carbonyl (C=O) groups excluding carboxylic acids is 1. The maximum Gasteiger partial charge on any atom is 0.256 e. The molecule has 4 aromatic rings. The molecule has 1 amide bonds. The van der Waals surface area contributed by atoms with E-state index in [0.717, 1.165) is 5.56 Å². The van der Waals surface area contributed by atoms with Gasteiger partial charge in [0.1, 0.15) is 16.5 Å². The fraction of sp³-hybridized carbons (Fsp3) is 0. The topological polar surface area (TPSA) is 66.4 Å². The molecule has 0 radical (unpaired) electrons. The summed E-state index contributed by atoms with van der Waals surface area (Å²) in [7, 11) is 0. The summed E-state index contributed by atoms with van der Waals surface area (Å²) in [6.07, 6.45) is 1.59. The second kappa shape index (κ2) is 9.51. The minimum atomic E-state index is -0.350. The third-order valence-corrected chi connectivity index (χ3v) is 5.50. The summed E-state index contributed by atoms with van der Waals surface area (Å²) in [5.41, 5.74) is 5.33. The van der Waals surface area contributed by atoms with Crippen LogP contribution in [0.3, 0.4) is 0 Å². The molecule has 0 saturated heterocycles. The van der Waals surface area contributed by atoms with Crippen LogP contribution in [0.5, 0.6) is 0 Å². The van der Waals surface area contributed by atoms with Gasteiger partial charge in [-0.2, -0.15) is 5.10 Å². The number of benzene rings is 3. The predicted molar refractivity (Wildman–Crippen MR) is 125 cm³/mol. The van der Waals surface area contributed by atoms with E-state index < -0.39 is 0 Å². The molecule has 31 heavy (non-hydrogen) atoms. The van der Waals surface area contributed by atoms with Gasteiger partial charge < -0.3 is 5.32 Å². The van der Waals surface area contributed by atoms with Crippen LogP contribution < -0.4 is 10.7 Å². The fourth-order valence-corrected chi connectivity index (χ4v) is 3.77. The summed E-state index contributed by atoms with van der Waals surface area (Å²) < 4.78 is 13.4. The maximum atomic E-state index is 13.4. The van der Waals surface area contributed by atoms with E-state index in [1.165, 1.54) is 23.5 Å². The second-order valence-corrected chi connectivity index (χ2v) is 7.82. The van der Waals surface area contributed by atoms with Gasteiger partial charge in [-0.1, -0.05) is 59.3 Å². The number of hydrazone groups is 1. The van der Waals surface area contributed by atoms with E-state index in [1.54, 1.807) is 48.7 Å². The van der Waals surface area contributed by atoms with Crippen molar-refractivity contribution in [2.45, 2.75) is 0 Å². The highest BCUT2D eigenvalue weighted by atomic mass is 35.5. The quantitative estimate of drug-likeness (QED) is 0.267. The van der Waals surface area contributed by atoms with Crippen LogP contribution >= 0.6 is 22.9 Å². The van der Waals surface area contributed by atoms with E-state index in [1.807, 2.05) is 24.3 Å². The van der Waals surface area contributed by atoms with Crippen molar-refractivity contribution in [2.24, 2.45) is 5.10 Å². The number of hydrogen-bond acceptors (Lipinski definition) is 5. The first-order chi connectivity index (χ1) is 15.1. The van der Waals surface area contributed by atoms with Crippen LogP contribution in [0.4, 0.5) is 14.5 Å². The Kier molecular flexibility index (Phi) is 6.35. The number of carbonyl (C=O) groups is 1. The zero-order valence-corrected chi connectivity index (χ0v) is 17.6. The van der Waals surface area contributed by atoms with Gasteiger partial charge in [-0.05, 0) is 42.5 Å². The van der Waals surface area contributed by atoms with Gasteiger partial charge in [0.05, 0.1) is 6.21 Å². The van der Waals surface area contributed by atoms with Crippen LogP contribution in [0.25, 0.3) is 11.3 Å². The Morgan fingerprint density at radius 3 is 2.45 bits per heavy atom. The van der Waals surface area contributed by atoms with Crippen molar-refractivity contribution in [3.8, 4) is 11.3 Å². The Morgan fingerprint density at radius 1 is 1.00 bits per heavy atom. The molecule has 0 aliphatic rings. The van der Waals surface area contributed by atoms with Gasteiger partial charge in [-0.3, -0.25) is 10.2 Å². The van der Waals surface area contributed by atoms with Gasteiger partial charge in [-0.25, -0.2) is 9.37 Å². The van der Waals surface area contributed by atoms with Crippen LogP contribution in [0.1, 0.15) is 15.9 Å². The van der Waals surface area contributed by atoms with Gasteiger partial charge >= 0.3 is 0 Å². The number of rotatable bonds is 6. The molecular formula is C23H16ClFN4OS. The number of thiazole rings is 1. The molecule has 0 aliphatic heterocycles. The molecule has 0 unspecified atom stereocenters. The molecule has 0 aliphatic carbocycles. The van der Waals surface area contributed by atoms with E-state index in [4.69, 9.17) is 11.6 Å². The van der Waals surface area contributed by atoms with Crippen molar-refractivity contribution in [3.63, 3.8) is 0 Å². The molecule has 1 heterocycles. The molecule has 0 atom stereocenters. The fourth-order valence-electron chi connectivity index (χ4n) is 2.76. The zero-order chi connectivity index (χ0) is 21.6. The zero-order valence-electron chi connectivity index (χ0n) is 16.0. The number of halogens is 2. The molecule has 0 spiro atoms. The Labute approximate surface area is 187 Å². The highest BCUT2D eigenvalue weighted by Crippen LogP contribution is 2.36. The molecule has 2 N–H and O–H groups in total. The third-order valence-electron chi connectivity index (χ3n) is 4.28. The van der Waals surface area contributed by atoms with Crippen molar-refractivity contribution in [1.29, 1.82) is 0 Å². The molecule has 1 aromatic heterocycles. The lowest BCUT2D eigenvalue weighted by atomic mass is 10.1. The lowest BCUT2D eigenvalue weighted by molar-refractivity contribution is 0.102. The summed E-state index contributed by atoms with van der Waals surface area (Å²) in [5.74, 6) is -0.615. The van der Waals surface area contributed by atoms with E-state index in [9.17, 15) is 9.18 Å². The first kappa shape index (κ1) is 20.7. The van der Waals surface area contributed by atoms with Crippen molar-refractivity contribution in [1.82, 2.24) is 4.98 Å². The van der Waals surface area contributed by atoms with Gasteiger partial charge in [0.15, 0.2) is 0 Å². The number of anilines is 2. The number of nitrogens with one attached hydrogen (secondary N) is 2. The molecule has 154 valence electrons. The van der Waals surface area contributed by atoms with E-state index in [-0.39, 0.29) is 11.7 Å². The largest absolute Gasteiger partial charge is 0.312 e. The molecule has 0 fully saturated rings. The summed E-state index contributed by atoms with van der Waals surface area (Å²) in [4.78, 5) is 17.2. The normalized spacial score (nSPS) is 10.9. The first-order valence-corrected chi connectivity index (χ1v) is 10.5. The molecule has 0 bridgehead atoms. The lowest BCUT2D eigenvalue weighted by Gasteiger charge is -2.05. The first-order valence-electron chi connectivity index (χ1n) is 9.27. The Balaban J connectivity index is 1.61. The molecule has 8 heteroatoms. The molecule has 0 saturated carbocycles. The maximum absolute atomic E-state index is 13.4. The summed E-state index contributed by atoms with van der Waals surface area (Å²) in [6.45, 7) is 0. The van der Waals surface area contributed by atoms with Gasteiger partial charge in [0.2, 0.25) is 5.13 Å². The van der Waals surface area contributed by atoms with Gasteiger partial charge in [0, 0.05) is 21.7 Å². The average Bonchev–Trinajstić information content (AvgIpc) is 3.18. The molecule has 5 nitrogen and oxygen atoms in total. The van der Waals surface area contributed by atoms with Crippen LogP contribution in [0.2, 0.25) is 5.02 Å². The number of hydrogen-bond donors (Lipinski definition) is 2. The van der Waals surface area contributed by atoms with Crippen molar-refractivity contribution < 1.29 is 9.18 Å². The number of nitrogens with zero attached hydrogens (tertiary/aromatic N) is 2. The highest BCUT2D eigenvalue weighted by molar-refractivity contribution is 7.20. The summed E-state index contributed by atoms with van der Waals surface area (Å²) in [6, 6.07) is 22.1. The van der Waals surface area contributed by atoms with E-state index >= 15 is 0 Å². The van der Waals surface area contributed by atoms with Crippen LogP contribution in [-0.2, 0) is 0 Å². The monoisotopic (exact) mass is 450 g/mol. The minimum absolute atomic E-state index is 0.265. The van der Waals surface area contributed by atoms with Gasteiger partial charge in [-0.15, -0.1) is 0 Å². The number of aromatic nitrogens is 1. The van der Waals surface area contributed by atoms with Crippen molar-refractivity contribution in [3.05, 3.63) is 101 Å². The minimum Gasteiger partial charge on any atom is -0.312 e. The van der Waals surface area contributed by atoms with E-state index in [0.29, 0.717) is 32.0 Å². The number of amides is 1. The SMILES string of the molecule is O=C(Nc1sc(N/N=C\c2ccccc2Cl)nc1-c1ccc(F)cc1)c1ccccc1. The summed E-state index contributed by atoms with van der Waals surface area (Å²) in [5, 5.41) is 8.64. The summed E-state index contributed by atoms with van der Waals surface area (Å²) >= 11 is 7.36. The Bertz CT molecular complexity index is 1230. The predicted octanol–water partition coefficient (Wildman–Crippen LogP) is 6.30. The van der Waals surface area contributed by atoms with E-state index in [2.05, 4.69) is 20.8 Å². The van der Waals surface area contributed by atoms with Crippen molar-refractivity contribution >= 4 is 45.2 Å². The Morgan fingerprint density at radius 2 is 1.71 bits per heavy atom. The second-order valence-electron chi connectivity index (χ2n) is 6.42. The molecule has 3 aromatic carbocycles. The Hall–Kier alpha value is -3.55. The third kappa shape index (κ3) is 5.14. The molecule has 4 rings (SSSR count). The van der Waals surface area contributed by atoms with Crippen LogP contribution in [0, 0.1) is 5.82 Å². The average molecular weight is 451 g/mol. The standard InChI is InChI=1S/C23H16ClFN4OS/c24-19-9-5-4-8-17(19)14-26-29-23-27-20(15-10-12-18(25)13-11-15)22(31-23)28-21(30)16-6-2-1-3-7-16/h1-14H,(H,27,29)(H,28,30)/b26-14-. The smallest absolute Gasteiger partial charge is 0.256 e. The van der Waals surface area contributed by atoms with Gasteiger partial charge in [0.25, 0.3) is 5.91 Å². The molecular weight excluding hydrogens is 435 g/mol. The van der Waals surface area contributed by atoms with Crippen molar-refractivity contribution in [2.75, 3.05) is 10.7 Å². The lowest BCUT2D eigenvalue weighted by Crippen LogP contribution is -2.11. The highest BCUT2D eigenvalue weighted by Gasteiger charge is 2.16. The van der Waals surface area contributed by atoms with Crippen LogP contribution in [-0.4, -0.2) is 17.1 Å². The van der Waals surface area contributed by atoms with Crippen LogP contribution in [0.15, 0.2) is 84.0 Å².